The summed E-state index contributed by atoms with van der Waals surface area (Å²) in [5.74, 6) is 2.41. The molecule has 3 fully saturated rings. The SMILES string of the molecule is CNCC1CCCCN1C(=O)C1C2CCCCC21. The van der Waals surface area contributed by atoms with E-state index in [9.17, 15) is 4.79 Å². The summed E-state index contributed by atoms with van der Waals surface area (Å²) in [6.07, 6.45) is 9.00. The van der Waals surface area contributed by atoms with Crippen LogP contribution in [0.4, 0.5) is 0 Å². The van der Waals surface area contributed by atoms with Crippen molar-refractivity contribution < 1.29 is 4.79 Å². The van der Waals surface area contributed by atoms with Crippen molar-refractivity contribution in [3.8, 4) is 0 Å². The largest absolute Gasteiger partial charge is 0.338 e. The molecule has 1 aliphatic heterocycles. The van der Waals surface area contributed by atoms with Crippen LogP contribution in [-0.4, -0.2) is 37.0 Å². The van der Waals surface area contributed by atoms with Gasteiger partial charge in [0.05, 0.1) is 0 Å². The number of carbonyl (C=O) groups is 1. The van der Waals surface area contributed by atoms with E-state index in [1.807, 2.05) is 7.05 Å². The highest BCUT2D eigenvalue weighted by Gasteiger charge is 2.56. The van der Waals surface area contributed by atoms with Gasteiger partial charge in [0, 0.05) is 25.0 Å². The minimum Gasteiger partial charge on any atom is -0.338 e. The average Bonchev–Trinajstić information content (AvgIpc) is 3.13. The first kappa shape index (κ1) is 12.5. The summed E-state index contributed by atoms with van der Waals surface area (Å²) in [7, 11) is 1.99. The van der Waals surface area contributed by atoms with Crippen LogP contribution in [0.1, 0.15) is 44.9 Å². The Morgan fingerprint density at radius 1 is 1.11 bits per heavy atom. The van der Waals surface area contributed by atoms with E-state index >= 15 is 0 Å². The maximum absolute atomic E-state index is 12.7. The predicted octanol–water partition coefficient (Wildman–Crippen LogP) is 2.02. The Kier molecular flexibility index (Phi) is 3.60. The third kappa shape index (κ3) is 2.18. The molecule has 102 valence electrons. The maximum atomic E-state index is 12.7. The van der Waals surface area contributed by atoms with Gasteiger partial charge in [0.1, 0.15) is 0 Å². The zero-order valence-electron chi connectivity index (χ0n) is 11.5. The van der Waals surface area contributed by atoms with Gasteiger partial charge in [-0.2, -0.15) is 0 Å². The number of fused-ring (bicyclic) bond motifs is 1. The number of nitrogens with one attached hydrogen (secondary N) is 1. The van der Waals surface area contributed by atoms with Crippen molar-refractivity contribution in [2.45, 2.75) is 51.0 Å². The number of carbonyl (C=O) groups excluding carboxylic acids is 1. The quantitative estimate of drug-likeness (QED) is 0.831. The smallest absolute Gasteiger partial charge is 0.226 e. The molecule has 3 rings (SSSR count). The van der Waals surface area contributed by atoms with Crippen molar-refractivity contribution in [2.24, 2.45) is 17.8 Å². The first-order valence-corrected chi connectivity index (χ1v) is 7.78. The fraction of sp³-hybridized carbons (Fsp3) is 0.933. The number of piperidine rings is 1. The Morgan fingerprint density at radius 3 is 2.44 bits per heavy atom. The van der Waals surface area contributed by atoms with Crippen LogP contribution in [0.3, 0.4) is 0 Å². The molecule has 3 nitrogen and oxygen atoms in total. The van der Waals surface area contributed by atoms with Gasteiger partial charge in [0.25, 0.3) is 0 Å². The molecular formula is C15H26N2O. The van der Waals surface area contributed by atoms with Crippen molar-refractivity contribution in [3.05, 3.63) is 0 Å². The molecule has 2 aliphatic carbocycles. The van der Waals surface area contributed by atoms with E-state index in [2.05, 4.69) is 10.2 Å². The number of hydrogen-bond acceptors (Lipinski definition) is 2. The summed E-state index contributed by atoms with van der Waals surface area (Å²) in [6.45, 7) is 1.97. The van der Waals surface area contributed by atoms with Gasteiger partial charge in [-0.15, -0.1) is 0 Å². The van der Waals surface area contributed by atoms with Crippen LogP contribution in [0.25, 0.3) is 0 Å². The highest BCUT2D eigenvalue weighted by Crippen LogP contribution is 2.56. The third-order valence-corrected chi connectivity index (χ3v) is 5.29. The van der Waals surface area contributed by atoms with Crippen LogP contribution >= 0.6 is 0 Å². The van der Waals surface area contributed by atoms with Crippen molar-refractivity contribution >= 4 is 5.91 Å². The molecule has 0 bridgehead atoms. The van der Waals surface area contributed by atoms with E-state index in [0.29, 0.717) is 17.9 Å². The Hall–Kier alpha value is -0.570. The molecule has 3 heteroatoms. The summed E-state index contributed by atoms with van der Waals surface area (Å²) in [5.41, 5.74) is 0. The van der Waals surface area contributed by atoms with Gasteiger partial charge in [0.2, 0.25) is 5.91 Å². The monoisotopic (exact) mass is 250 g/mol. The van der Waals surface area contributed by atoms with Crippen molar-refractivity contribution in [3.63, 3.8) is 0 Å². The Morgan fingerprint density at radius 2 is 1.78 bits per heavy atom. The van der Waals surface area contributed by atoms with Gasteiger partial charge < -0.3 is 10.2 Å². The molecule has 3 unspecified atom stereocenters. The zero-order chi connectivity index (χ0) is 12.5. The number of nitrogens with zero attached hydrogens (tertiary/aromatic N) is 1. The lowest BCUT2D eigenvalue weighted by molar-refractivity contribution is -0.136. The summed E-state index contributed by atoms with van der Waals surface area (Å²) < 4.78 is 0. The standard InChI is InChI=1S/C15H26N2O/c1-16-10-11-6-4-5-9-17(11)15(18)14-12-7-2-3-8-13(12)14/h11-14,16H,2-10H2,1H3. The number of amides is 1. The topological polar surface area (TPSA) is 32.3 Å². The van der Waals surface area contributed by atoms with E-state index in [-0.39, 0.29) is 0 Å². The number of likely N-dealkylation sites (N-methyl/N-ethyl adjacent to an activating group) is 1. The highest BCUT2D eigenvalue weighted by molar-refractivity contribution is 5.82. The van der Waals surface area contributed by atoms with Crippen molar-refractivity contribution in [2.75, 3.05) is 20.1 Å². The molecule has 0 radical (unpaired) electrons. The average molecular weight is 250 g/mol. The number of hydrogen-bond donors (Lipinski definition) is 1. The third-order valence-electron chi connectivity index (χ3n) is 5.29. The highest BCUT2D eigenvalue weighted by atomic mass is 16.2. The molecule has 0 aromatic carbocycles. The molecule has 3 aliphatic rings. The molecule has 0 aromatic heterocycles. The Bertz CT molecular complexity index is 304. The summed E-state index contributed by atoms with van der Waals surface area (Å²) in [4.78, 5) is 14.9. The van der Waals surface area contributed by atoms with Gasteiger partial charge in [0.15, 0.2) is 0 Å². The van der Waals surface area contributed by atoms with Crippen LogP contribution < -0.4 is 5.32 Å². The van der Waals surface area contributed by atoms with Crippen molar-refractivity contribution in [1.82, 2.24) is 10.2 Å². The minimum absolute atomic E-state index is 0.407. The van der Waals surface area contributed by atoms with Gasteiger partial charge in [-0.25, -0.2) is 0 Å². The van der Waals surface area contributed by atoms with E-state index in [0.717, 1.165) is 24.9 Å². The molecule has 1 saturated heterocycles. The molecule has 18 heavy (non-hydrogen) atoms. The first-order valence-electron chi connectivity index (χ1n) is 7.78. The fourth-order valence-electron chi connectivity index (χ4n) is 4.29. The number of likely N-dealkylation sites (tertiary alicyclic amines) is 1. The van der Waals surface area contributed by atoms with Gasteiger partial charge in [-0.05, 0) is 51.0 Å². The molecule has 0 aromatic rings. The molecule has 1 amide bonds. The van der Waals surface area contributed by atoms with E-state index in [1.54, 1.807) is 0 Å². The van der Waals surface area contributed by atoms with Gasteiger partial charge >= 0.3 is 0 Å². The van der Waals surface area contributed by atoms with E-state index < -0.39 is 0 Å². The Labute approximate surface area is 110 Å². The zero-order valence-corrected chi connectivity index (χ0v) is 11.5. The predicted molar refractivity (Wildman–Crippen MR) is 72.2 cm³/mol. The maximum Gasteiger partial charge on any atom is 0.226 e. The van der Waals surface area contributed by atoms with Crippen LogP contribution in [0.2, 0.25) is 0 Å². The molecular weight excluding hydrogens is 224 g/mol. The summed E-state index contributed by atoms with van der Waals surface area (Å²) in [5, 5.41) is 3.25. The minimum atomic E-state index is 0.407. The lowest BCUT2D eigenvalue weighted by Crippen LogP contribution is -2.48. The van der Waals surface area contributed by atoms with Crippen LogP contribution in [0.15, 0.2) is 0 Å². The van der Waals surface area contributed by atoms with E-state index in [4.69, 9.17) is 0 Å². The lowest BCUT2D eigenvalue weighted by Gasteiger charge is -2.36. The number of rotatable bonds is 3. The second-order valence-corrected chi connectivity index (χ2v) is 6.38. The van der Waals surface area contributed by atoms with E-state index in [1.165, 1.54) is 44.9 Å². The van der Waals surface area contributed by atoms with Gasteiger partial charge in [-0.1, -0.05) is 12.8 Å². The molecule has 3 atom stereocenters. The molecule has 1 N–H and O–H groups in total. The summed E-state index contributed by atoms with van der Waals surface area (Å²) in [6, 6.07) is 0.457. The first-order chi connectivity index (χ1) is 8.83. The second-order valence-electron chi connectivity index (χ2n) is 6.38. The molecule has 1 heterocycles. The van der Waals surface area contributed by atoms with Gasteiger partial charge in [-0.3, -0.25) is 4.79 Å². The van der Waals surface area contributed by atoms with Crippen LogP contribution in [0.5, 0.6) is 0 Å². The van der Waals surface area contributed by atoms with Crippen molar-refractivity contribution in [1.29, 1.82) is 0 Å². The molecule has 2 saturated carbocycles. The Balaban J connectivity index is 1.63. The van der Waals surface area contributed by atoms with Crippen LogP contribution in [-0.2, 0) is 4.79 Å². The normalized spacial score (nSPS) is 39.3. The fourth-order valence-corrected chi connectivity index (χ4v) is 4.29. The lowest BCUT2D eigenvalue weighted by atomic mass is 10.0. The van der Waals surface area contributed by atoms with Crippen LogP contribution in [0, 0.1) is 17.8 Å². The second kappa shape index (κ2) is 5.20. The molecule has 0 spiro atoms. The summed E-state index contributed by atoms with van der Waals surface area (Å²) >= 11 is 0.